The Morgan fingerprint density at radius 1 is 1.61 bits per heavy atom. The highest BCUT2D eigenvalue weighted by Gasteiger charge is 2.50. The van der Waals surface area contributed by atoms with Gasteiger partial charge < -0.3 is 14.4 Å². The highest BCUT2D eigenvalue weighted by Crippen LogP contribution is 2.33. The van der Waals surface area contributed by atoms with Gasteiger partial charge in [0.2, 0.25) is 0 Å². The van der Waals surface area contributed by atoms with Crippen LogP contribution in [-0.2, 0) is 9.53 Å². The van der Waals surface area contributed by atoms with Crippen molar-refractivity contribution < 1.29 is 23.4 Å². The Bertz CT molecular complexity index is 418. The molecule has 0 fully saturated rings. The number of aromatic nitrogens is 2. The van der Waals surface area contributed by atoms with Crippen LogP contribution in [0.4, 0.5) is 8.78 Å². The van der Waals surface area contributed by atoms with Gasteiger partial charge in [0.1, 0.15) is 0 Å². The summed E-state index contributed by atoms with van der Waals surface area (Å²) < 4.78 is 32.9. The number of halogens is 2. The van der Waals surface area contributed by atoms with Crippen LogP contribution in [0.25, 0.3) is 0 Å². The van der Waals surface area contributed by atoms with E-state index in [4.69, 9.17) is 0 Å². The zero-order valence-corrected chi connectivity index (χ0v) is 10.4. The molecule has 5 nitrogen and oxygen atoms in total. The van der Waals surface area contributed by atoms with E-state index >= 15 is 0 Å². The molecular weight excluding hydrogens is 246 g/mol. The van der Waals surface area contributed by atoms with Crippen LogP contribution in [-0.4, -0.2) is 33.2 Å². The van der Waals surface area contributed by atoms with Gasteiger partial charge in [-0.3, -0.25) is 0 Å². The minimum atomic E-state index is -4.00. The molecule has 0 saturated carbocycles. The molecule has 0 aromatic carbocycles. The van der Waals surface area contributed by atoms with Gasteiger partial charge in [-0.05, 0) is 20.8 Å². The van der Waals surface area contributed by atoms with Gasteiger partial charge in [-0.2, -0.15) is 8.78 Å². The molecule has 1 unspecified atom stereocenters. The maximum absolute atomic E-state index is 13.6. The fourth-order valence-electron chi connectivity index (χ4n) is 1.48. The molecule has 1 aromatic heterocycles. The van der Waals surface area contributed by atoms with Crippen LogP contribution < -0.4 is 0 Å². The van der Waals surface area contributed by atoms with Crippen molar-refractivity contribution in [2.45, 2.75) is 38.8 Å². The Morgan fingerprint density at radius 3 is 2.72 bits per heavy atom. The molecule has 0 amide bonds. The molecule has 0 radical (unpaired) electrons. The molecule has 1 atom stereocenters. The van der Waals surface area contributed by atoms with Gasteiger partial charge in [-0.1, -0.05) is 0 Å². The third-order valence-electron chi connectivity index (χ3n) is 2.42. The second kappa shape index (κ2) is 5.43. The van der Waals surface area contributed by atoms with Crippen molar-refractivity contribution in [3.8, 4) is 0 Å². The van der Waals surface area contributed by atoms with E-state index in [1.165, 1.54) is 17.8 Å². The maximum Gasteiger partial charge on any atom is 0.380 e. The van der Waals surface area contributed by atoms with Crippen molar-refractivity contribution >= 4 is 5.97 Å². The number of ether oxygens (including phenoxy) is 1. The van der Waals surface area contributed by atoms with E-state index in [9.17, 15) is 18.7 Å². The Labute approximate surface area is 103 Å². The normalized spacial score (nSPS) is 13.7. The van der Waals surface area contributed by atoms with Crippen LogP contribution in [0.15, 0.2) is 12.5 Å². The van der Waals surface area contributed by atoms with E-state index in [1.54, 1.807) is 13.8 Å². The van der Waals surface area contributed by atoms with Gasteiger partial charge in [-0.15, -0.1) is 0 Å². The number of alkyl halides is 2. The summed E-state index contributed by atoms with van der Waals surface area (Å²) in [6, 6.07) is -0.157. The molecule has 102 valence electrons. The average molecular weight is 262 g/mol. The molecule has 0 aliphatic rings. The third-order valence-corrected chi connectivity index (χ3v) is 2.42. The molecule has 1 aromatic rings. The van der Waals surface area contributed by atoms with Crippen LogP contribution in [0.5, 0.6) is 0 Å². The van der Waals surface area contributed by atoms with Crippen molar-refractivity contribution in [1.29, 1.82) is 0 Å². The number of imidazole rings is 1. The highest BCUT2D eigenvalue weighted by atomic mass is 19.3. The summed E-state index contributed by atoms with van der Waals surface area (Å²) in [6.07, 6.45) is 0.156. The molecule has 0 aliphatic carbocycles. The summed E-state index contributed by atoms with van der Waals surface area (Å²) >= 11 is 0. The lowest BCUT2D eigenvalue weighted by molar-refractivity contribution is -0.189. The topological polar surface area (TPSA) is 64.3 Å². The van der Waals surface area contributed by atoms with Crippen molar-refractivity contribution in [2.24, 2.45) is 0 Å². The van der Waals surface area contributed by atoms with Gasteiger partial charge >= 0.3 is 11.9 Å². The number of rotatable bonds is 5. The number of carbonyl (C=O) groups is 1. The lowest BCUT2D eigenvalue weighted by atomic mass is 10.1. The van der Waals surface area contributed by atoms with E-state index in [-0.39, 0.29) is 18.3 Å². The van der Waals surface area contributed by atoms with E-state index in [2.05, 4.69) is 9.72 Å². The van der Waals surface area contributed by atoms with E-state index in [1.807, 2.05) is 0 Å². The molecular formula is C11H16F2N2O3. The second-order valence-electron chi connectivity index (χ2n) is 4.07. The van der Waals surface area contributed by atoms with Gasteiger partial charge in [0.25, 0.3) is 0 Å². The van der Waals surface area contributed by atoms with Crippen molar-refractivity contribution in [2.75, 3.05) is 6.61 Å². The predicted molar refractivity (Wildman–Crippen MR) is 59.2 cm³/mol. The monoisotopic (exact) mass is 262 g/mol. The fourth-order valence-corrected chi connectivity index (χ4v) is 1.48. The zero-order valence-electron chi connectivity index (χ0n) is 10.4. The molecule has 0 bridgehead atoms. The summed E-state index contributed by atoms with van der Waals surface area (Å²) in [7, 11) is 0. The molecule has 1 rings (SSSR count). The lowest BCUT2D eigenvalue weighted by Crippen LogP contribution is -2.38. The number of aliphatic hydroxyl groups is 1. The highest BCUT2D eigenvalue weighted by molar-refractivity contribution is 5.78. The number of aliphatic hydroxyl groups excluding tert-OH is 1. The molecule has 0 aliphatic heterocycles. The largest absolute Gasteiger partial charge is 0.461 e. The number of esters is 1. The van der Waals surface area contributed by atoms with E-state index < -0.39 is 18.0 Å². The predicted octanol–water partition coefficient (Wildman–Crippen LogP) is 1.70. The first-order chi connectivity index (χ1) is 8.32. The van der Waals surface area contributed by atoms with Gasteiger partial charge in [0.05, 0.1) is 24.8 Å². The molecule has 1 N–H and O–H groups in total. The summed E-state index contributed by atoms with van der Waals surface area (Å²) in [5.41, 5.74) is -0.122. The number of hydrogen-bond acceptors (Lipinski definition) is 4. The maximum atomic E-state index is 13.6. The quantitative estimate of drug-likeness (QED) is 0.820. The number of hydrogen-bond donors (Lipinski definition) is 1. The summed E-state index contributed by atoms with van der Waals surface area (Å²) in [4.78, 5) is 14.8. The fraction of sp³-hybridized carbons (Fsp3) is 0.636. The van der Waals surface area contributed by atoms with Crippen LogP contribution >= 0.6 is 0 Å². The van der Waals surface area contributed by atoms with Gasteiger partial charge in [0, 0.05) is 6.04 Å². The molecule has 18 heavy (non-hydrogen) atoms. The minimum Gasteiger partial charge on any atom is -0.461 e. The summed E-state index contributed by atoms with van der Waals surface area (Å²) in [5.74, 6) is -5.74. The molecule has 0 saturated heterocycles. The van der Waals surface area contributed by atoms with E-state index in [0.29, 0.717) is 0 Å². The van der Waals surface area contributed by atoms with Gasteiger partial charge in [-0.25, -0.2) is 9.78 Å². The first-order valence-corrected chi connectivity index (χ1v) is 5.57. The van der Waals surface area contributed by atoms with Crippen LogP contribution in [0.3, 0.4) is 0 Å². The Kier molecular flexibility index (Phi) is 4.39. The summed E-state index contributed by atoms with van der Waals surface area (Å²) in [6.45, 7) is 4.74. The van der Waals surface area contributed by atoms with Crippen LogP contribution in [0.1, 0.15) is 38.6 Å². The van der Waals surface area contributed by atoms with E-state index in [0.717, 1.165) is 6.20 Å². The smallest absolute Gasteiger partial charge is 0.380 e. The van der Waals surface area contributed by atoms with Crippen LogP contribution in [0.2, 0.25) is 0 Å². The average Bonchev–Trinajstić information content (AvgIpc) is 2.76. The Hall–Kier alpha value is -1.50. The lowest BCUT2D eigenvalue weighted by Gasteiger charge is -2.22. The minimum absolute atomic E-state index is 0.122. The SMILES string of the molecule is CCOC(=O)C(F)(F)C(O)c1cncn1C(C)C. The first-order valence-electron chi connectivity index (χ1n) is 5.57. The Morgan fingerprint density at radius 2 is 2.22 bits per heavy atom. The van der Waals surface area contributed by atoms with Crippen molar-refractivity contribution in [3.63, 3.8) is 0 Å². The van der Waals surface area contributed by atoms with Crippen molar-refractivity contribution in [3.05, 3.63) is 18.2 Å². The number of nitrogens with zero attached hydrogens (tertiary/aromatic N) is 2. The second-order valence-corrected chi connectivity index (χ2v) is 4.07. The summed E-state index contributed by atoms with van der Waals surface area (Å²) in [5, 5.41) is 9.65. The molecule has 1 heterocycles. The van der Waals surface area contributed by atoms with Crippen LogP contribution in [0, 0.1) is 0 Å². The third kappa shape index (κ3) is 2.66. The molecule has 0 spiro atoms. The first kappa shape index (κ1) is 14.6. The number of carbonyl (C=O) groups excluding carboxylic acids is 1. The standard InChI is InChI=1S/C11H16F2N2O3/c1-4-18-10(17)11(12,13)9(16)8-5-14-6-15(8)7(2)3/h5-7,9,16H,4H2,1-3H3. The van der Waals surface area contributed by atoms with Crippen molar-refractivity contribution in [1.82, 2.24) is 9.55 Å². The Balaban J connectivity index is 3.01. The van der Waals surface area contributed by atoms with Gasteiger partial charge in [0.15, 0.2) is 6.10 Å². The zero-order chi connectivity index (χ0) is 13.9. The molecule has 7 heteroatoms.